The van der Waals surface area contributed by atoms with Gasteiger partial charge in [-0.05, 0) is 38.0 Å². The number of likely N-dealkylation sites (N-methyl/N-ethyl adjacent to an activating group) is 1. The number of anilines is 1. The van der Waals surface area contributed by atoms with Crippen LogP contribution in [0.4, 0.5) is 10.1 Å². The Morgan fingerprint density at radius 2 is 2.28 bits per heavy atom. The summed E-state index contributed by atoms with van der Waals surface area (Å²) in [7, 11) is 0. The standard InChI is InChI=1S/C13H16BrFN2O/c1-2-17(10-4-5-10)13(18)8-16-12-7-9(14)3-6-11(12)15/h3,6-7,10,16H,2,4-5,8H2,1H3. The second-order valence-corrected chi connectivity index (χ2v) is 5.30. The Morgan fingerprint density at radius 1 is 1.56 bits per heavy atom. The van der Waals surface area contributed by atoms with E-state index in [1.807, 2.05) is 11.8 Å². The minimum absolute atomic E-state index is 0.0272. The summed E-state index contributed by atoms with van der Waals surface area (Å²) >= 11 is 3.28. The monoisotopic (exact) mass is 314 g/mol. The number of hydrogen-bond acceptors (Lipinski definition) is 2. The van der Waals surface area contributed by atoms with Crippen LogP contribution in [0.15, 0.2) is 22.7 Å². The van der Waals surface area contributed by atoms with E-state index < -0.39 is 0 Å². The molecular weight excluding hydrogens is 299 g/mol. The highest BCUT2D eigenvalue weighted by atomic mass is 79.9. The molecule has 1 N–H and O–H groups in total. The fourth-order valence-electron chi connectivity index (χ4n) is 1.93. The lowest BCUT2D eigenvalue weighted by atomic mass is 10.3. The van der Waals surface area contributed by atoms with Crippen LogP contribution in [0.5, 0.6) is 0 Å². The summed E-state index contributed by atoms with van der Waals surface area (Å²) in [6, 6.07) is 5.03. The number of amides is 1. The van der Waals surface area contributed by atoms with E-state index in [2.05, 4.69) is 21.2 Å². The maximum Gasteiger partial charge on any atom is 0.242 e. The first-order chi connectivity index (χ1) is 8.61. The van der Waals surface area contributed by atoms with Crippen molar-refractivity contribution in [3.05, 3.63) is 28.5 Å². The summed E-state index contributed by atoms with van der Waals surface area (Å²) in [4.78, 5) is 13.8. The topological polar surface area (TPSA) is 32.3 Å². The summed E-state index contributed by atoms with van der Waals surface area (Å²) in [6.07, 6.45) is 2.18. The van der Waals surface area contributed by atoms with Crippen LogP contribution >= 0.6 is 15.9 Å². The van der Waals surface area contributed by atoms with Crippen LogP contribution in [0.2, 0.25) is 0 Å². The van der Waals surface area contributed by atoms with Crippen molar-refractivity contribution in [1.29, 1.82) is 0 Å². The number of nitrogens with one attached hydrogen (secondary N) is 1. The molecule has 0 atom stereocenters. The van der Waals surface area contributed by atoms with Crippen LogP contribution in [-0.2, 0) is 4.79 Å². The zero-order valence-electron chi connectivity index (χ0n) is 10.2. The van der Waals surface area contributed by atoms with Crippen LogP contribution in [0.3, 0.4) is 0 Å². The zero-order chi connectivity index (χ0) is 13.1. The SMILES string of the molecule is CCN(C(=O)CNc1cc(Br)ccc1F)C1CC1. The van der Waals surface area contributed by atoms with Gasteiger partial charge >= 0.3 is 0 Å². The smallest absolute Gasteiger partial charge is 0.242 e. The van der Waals surface area contributed by atoms with Gasteiger partial charge < -0.3 is 10.2 Å². The molecule has 3 nitrogen and oxygen atoms in total. The van der Waals surface area contributed by atoms with Gasteiger partial charge in [0.05, 0.1) is 12.2 Å². The minimum Gasteiger partial charge on any atom is -0.374 e. The maximum absolute atomic E-state index is 13.5. The molecule has 0 unspecified atom stereocenters. The lowest BCUT2D eigenvalue weighted by Crippen LogP contribution is -2.37. The maximum atomic E-state index is 13.5. The third kappa shape index (κ3) is 3.22. The molecule has 1 amide bonds. The van der Waals surface area contributed by atoms with Crippen molar-refractivity contribution in [3.63, 3.8) is 0 Å². The van der Waals surface area contributed by atoms with Gasteiger partial charge in [-0.2, -0.15) is 0 Å². The number of rotatable bonds is 5. The molecule has 98 valence electrons. The molecular formula is C13H16BrFN2O. The highest BCUT2D eigenvalue weighted by Crippen LogP contribution is 2.26. The van der Waals surface area contributed by atoms with Gasteiger partial charge in [-0.15, -0.1) is 0 Å². The molecule has 0 heterocycles. The Morgan fingerprint density at radius 3 is 2.89 bits per heavy atom. The van der Waals surface area contributed by atoms with E-state index in [1.54, 1.807) is 12.1 Å². The van der Waals surface area contributed by atoms with Crippen molar-refractivity contribution >= 4 is 27.5 Å². The Labute approximate surface area is 114 Å². The summed E-state index contributed by atoms with van der Waals surface area (Å²) in [6.45, 7) is 2.82. The number of benzene rings is 1. The van der Waals surface area contributed by atoms with Crippen LogP contribution in [0.25, 0.3) is 0 Å². The number of nitrogens with zero attached hydrogens (tertiary/aromatic N) is 1. The van der Waals surface area contributed by atoms with Gasteiger partial charge in [-0.3, -0.25) is 4.79 Å². The number of hydrogen-bond donors (Lipinski definition) is 1. The third-order valence-electron chi connectivity index (χ3n) is 3.01. The molecule has 1 aromatic carbocycles. The normalized spacial score (nSPS) is 14.4. The first-order valence-corrected chi connectivity index (χ1v) is 6.89. The molecule has 0 spiro atoms. The summed E-state index contributed by atoms with van der Waals surface area (Å²) in [5.41, 5.74) is 0.351. The average Bonchev–Trinajstić information content (AvgIpc) is 3.16. The number of carbonyl (C=O) groups is 1. The first-order valence-electron chi connectivity index (χ1n) is 6.10. The molecule has 1 aromatic rings. The number of halogens is 2. The average molecular weight is 315 g/mol. The second-order valence-electron chi connectivity index (χ2n) is 4.39. The van der Waals surface area contributed by atoms with E-state index in [0.29, 0.717) is 18.3 Å². The predicted octanol–water partition coefficient (Wildman–Crippen LogP) is 3.01. The molecule has 1 aliphatic rings. The van der Waals surface area contributed by atoms with Gasteiger partial charge in [-0.1, -0.05) is 15.9 Å². The zero-order valence-corrected chi connectivity index (χ0v) is 11.8. The van der Waals surface area contributed by atoms with Gasteiger partial charge in [-0.25, -0.2) is 4.39 Å². The highest BCUT2D eigenvalue weighted by molar-refractivity contribution is 9.10. The van der Waals surface area contributed by atoms with Crippen LogP contribution < -0.4 is 5.32 Å². The van der Waals surface area contributed by atoms with Gasteiger partial charge in [0.15, 0.2) is 0 Å². The van der Waals surface area contributed by atoms with Crippen molar-refractivity contribution in [2.24, 2.45) is 0 Å². The third-order valence-corrected chi connectivity index (χ3v) is 3.50. The molecule has 0 aliphatic heterocycles. The van der Waals surface area contributed by atoms with E-state index in [1.165, 1.54) is 6.07 Å². The lowest BCUT2D eigenvalue weighted by molar-refractivity contribution is -0.129. The summed E-state index contributed by atoms with van der Waals surface area (Å²) in [5.74, 6) is -0.320. The van der Waals surface area contributed by atoms with E-state index in [-0.39, 0.29) is 18.3 Å². The molecule has 1 fully saturated rings. The van der Waals surface area contributed by atoms with Crippen molar-refractivity contribution in [2.45, 2.75) is 25.8 Å². The molecule has 0 bridgehead atoms. The van der Waals surface area contributed by atoms with Crippen molar-refractivity contribution in [1.82, 2.24) is 4.90 Å². The van der Waals surface area contributed by atoms with Crippen LogP contribution in [-0.4, -0.2) is 29.9 Å². The lowest BCUT2D eigenvalue weighted by Gasteiger charge is -2.20. The van der Waals surface area contributed by atoms with Crippen molar-refractivity contribution in [2.75, 3.05) is 18.4 Å². The summed E-state index contributed by atoms with van der Waals surface area (Å²) < 4.78 is 14.3. The Kier molecular flexibility index (Phi) is 4.22. The molecule has 1 saturated carbocycles. The van der Waals surface area contributed by atoms with Crippen LogP contribution in [0, 0.1) is 5.82 Å². The Bertz CT molecular complexity index is 449. The minimum atomic E-state index is -0.347. The Balaban J connectivity index is 1.94. The van der Waals surface area contributed by atoms with E-state index in [9.17, 15) is 9.18 Å². The first kappa shape index (κ1) is 13.3. The molecule has 0 radical (unpaired) electrons. The van der Waals surface area contributed by atoms with E-state index in [4.69, 9.17) is 0 Å². The largest absolute Gasteiger partial charge is 0.374 e. The fraction of sp³-hybridized carbons (Fsp3) is 0.462. The van der Waals surface area contributed by atoms with E-state index in [0.717, 1.165) is 17.3 Å². The number of carbonyl (C=O) groups excluding carboxylic acids is 1. The van der Waals surface area contributed by atoms with Gasteiger partial charge in [0.2, 0.25) is 5.91 Å². The predicted molar refractivity (Wildman–Crippen MR) is 73.0 cm³/mol. The molecule has 5 heteroatoms. The van der Waals surface area contributed by atoms with Crippen LogP contribution in [0.1, 0.15) is 19.8 Å². The highest BCUT2D eigenvalue weighted by Gasteiger charge is 2.30. The van der Waals surface area contributed by atoms with Gasteiger partial charge in [0.25, 0.3) is 0 Å². The molecule has 18 heavy (non-hydrogen) atoms. The van der Waals surface area contributed by atoms with Gasteiger partial charge in [0, 0.05) is 17.1 Å². The van der Waals surface area contributed by atoms with Gasteiger partial charge in [0.1, 0.15) is 5.82 Å². The summed E-state index contributed by atoms with van der Waals surface area (Å²) in [5, 5.41) is 2.85. The molecule has 0 saturated heterocycles. The fourth-order valence-corrected chi connectivity index (χ4v) is 2.29. The van der Waals surface area contributed by atoms with Crippen molar-refractivity contribution < 1.29 is 9.18 Å². The second kappa shape index (κ2) is 5.69. The molecule has 0 aromatic heterocycles. The quantitative estimate of drug-likeness (QED) is 0.906. The molecule has 2 rings (SSSR count). The van der Waals surface area contributed by atoms with E-state index >= 15 is 0 Å². The van der Waals surface area contributed by atoms with Crippen molar-refractivity contribution in [3.8, 4) is 0 Å². The molecule has 1 aliphatic carbocycles. The Hall–Kier alpha value is -1.10.